The predicted octanol–water partition coefficient (Wildman–Crippen LogP) is 4.80. The Morgan fingerprint density at radius 2 is 1.76 bits per heavy atom. The molecule has 0 radical (unpaired) electrons. The molecule has 0 aliphatic rings. The van der Waals surface area contributed by atoms with Gasteiger partial charge in [-0.25, -0.2) is 4.98 Å². The van der Waals surface area contributed by atoms with Crippen molar-refractivity contribution in [3.8, 4) is 23.3 Å². The fourth-order valence-electron chi connectivity index (χ4n) is 3.68. The van der Waals surface area contributed by atoms with E-state index in [9.17, 15) is 14.9 Å². The highest BCUT2D eigenvalue weighted by molar-refractivity contribution is 5.92. The minimum Gasteiger partial charge on any atom is -0.494 e. The van der Waals surface area contributed by atoms with E-state index in [4.69, 9.17) is 14.2 Å². The normalized spacial score (nSPS) is 11.0. The van der Waals surface area contributed by atoms with Gasteiger partial charge in [0.25, 0.3) is 11.5 Å². The molecule has 9 nitrogen and oxygen atoms in total. The number of aromatic amines is 1. The molecule has 9 heteroatoms. The minimum atomic E-state index is -0.335. The fraction of sp³-hybridized carbons (Fsp3) is 0.172. The third kappa shape index (κ3) is 6.36. The van der Waals surface area contributed by atoms with E-state index in [1.807, 2.05) is 13.8 Å². The number of aromatic nitrogens is 2. The lowest BCUT2D eigenvalue weighted by molar-refractivity contribution is -0.118. The predicted molar refractivity (Wildman–Crippen MR) is 145 cm³/mol. The number of nitrogens with one attached hydrogen (secondary N) is 2. The molecule has 0 saturated carbocycles. The highest BCUT2D eigenvalue weighted by Crippen LogP contribution is 2.30. The van der Waals surface area contributed by atoms with Gasteiger partial charge in [-0.3, -0.25) is 9.59 Å². The maximum atomic E-state index is 12.4. The molecule has 0 spiro atoms. The number of para-hydroxylation sites is 1. The van der Waals surface area contributed by atoms with Crippen molar-refractivity contribution in [3.63, 3.8) is 0 Å². The number of benzene rings is 3. The maximum Gasteiger partial charge on any atom is 0.262 e. The Kier molecular flexibility index (Phi) is 8.36. The zero-order valence-electron chi connectivity index (χ0n) is 21.0. The van der Waals surface area contributed by atoms with Gasteiger partial charge in [0.15, 0.2) is 23.9 Å². The summed E-state index contributed by atoms with van der Waals surface area (Å²) in [5, 5.41) is 13.0. The first-order valence-corrected chi connectivity index (χ1v) is 12.0. The molecule has 0 unspecified atom stereocenters. The quantitative estimate of drug-likeness (QED) is 0.293. The van der Waals surface area contributed by atoms with Crippen LogP contribution in [0.2, 0.25) is 0 Å². The van der Waals surface area contributed by atoms with Crippen LogP contribution in [0.25, 0.3) is 22.6 Å². The van der Waals surface area contributed by atoms with Gasteiger partial charge in [0.05, 0.1) is 29.7 Å². The van der Waals surface area contributed by atoms with Gasteiger partial charge in [-0.1, -0.05) is 18.2 Å². The van der Waals surface area contributed by atoms with E-state index in [0.29, 0.717) is 46.9 Å². The molecular weight excluding hydrogens is 484 g/mol. The smallest absolute Gasteiger partial charge is 0.262 e. The Hall–Kier alpha value is -5.10. The molecule has 0 atom stereocenters. The van der Waals surface area contributed by atoms with Crippen LogP contribution in [0.1, 0.15) is 25.2 Å². The van der Waals surface area contributed by atoms with Crippen LogP contribution in [0, 0.1) is 11.3 Å². The topological polar surface area (TPSA) is 126 Å². The van der Waals surface area contributed by atoms with Gasteiger partial charge in [0.2, 0.25) is 0 Å². The molecule has 38 heavy (non-hydrogen) atoms. The third-order valence-electron chi connectivity index (χ3n) is 5.37. The second kappa shape index (κ2) is 12.2. The zero-order valence-corrected chi connectivity index (χ0v) is 21.0. The average molecular weight is 511 g/mol. The Balaban J connectivity index is 1.50. The SMILES string of the molecule is CCOc1ccc(NC(=O)COc2ccc(/C=C(\C#N)c3nc4ccccc4c(=O)[nH]3)cc2OCC)cc1. The summed E-state index contributed by atoms with van der Waals surface area (Å²) in [4.78, 5) is 31.9. The number of carbonyl (C=O) groups is 1. The molecule has 1 amide bonds. The summed E-state index contributed by atoms with van der Waals surface area (Å²) in [7, 11) is 0. The van der Waals surface area contributed by atoms with E-state index < -0.39 is 0 Å². The number of hydrogen-bond donors (Lipinski definition) is 2. The molecule has 192 valence electrons. The van der Waals surface area contributed by atoms with E-state index in [2.05, 4.69) is 21.4 Å². The van der Waals surface area contributed by atoms with Crippen molar-refractivity contribution in [2.24, 2.45) is 0 Å². The van der Waals surface area contributed by atoms with Gasteiger partial charge in [-0.2, -0.15) is 5.26 Å². The molecule has 0 saturated heterocycles. The summed E-state index contributed by atoms with van der Waals surface area (Å²) < 4.78 is 16.8. The van der Waals surface area contributed by atoms with Gasteiger partial charge in [-0.15, -0.1) is 0 Å². The van der Waals surface area contributed by atoms with Crippen LogP contribution in [-0.4, -0.2) is 35.7 Å². The number of H-pyrrole nitrogens is 1. The number of amides is 1. The average Bonchev–Trinajstić information content (AvgIpc) is 2.92. The van der Waals surface area contributed by atoms with Gasteiger partial charge in [-0.05, 0) is 74.0 Å². The minimum absolute atomic E-state index is 0.167. The fourth-order valence-corrected chi connectivity index (χ4v) is 3.68. The zero-order chi connectivity index (χ0) is 26.9. The lowest BCUT2D eigenvalue weighted by atomic mass is 10.1. The van der Waals surface area contributed by atoms with E-state index in [1.54, 1.807) is 72.8 Å². The van der Waals surface area contributed by atoms with E-state index in [0.717, 1.165) is 5.75 Å². The number of fused-ring (bicyclic) bond motifs is 1. The maximum absolute atomic E-state index is 12.4. The highest BCUT2D eigenvalue weighted by Gasteiger charge is 2.12. The molecule has 0 fully saturated rings. The summed E-state index contributed by atoms with van der Waals surface area (Å²) in [6, 6.07) is 21.1. The molecule has 0 bridgehead atoms. The van der Waals surface area contributed by atoms with Gasteiger partial charge in [0, 0.05) is 5.69 Å². The van der Waals surface area contributed by atoms with Gasteiger partial charge in [0.1, 0.15) is 11.8 Å². The third-order valence-corrected chi connectivity index (χ3v) is 5.37. The van der Waals surface area contributed by atoms with Crippen molar-refractivity contribution in [1.82, 2.24) is 9.97 Å². The number of nitrogens with zero attached hydrogens (tertiary/aromatic N) is 2. The summed E-state index contributed by atoms with van der Waals surface area (Å²) in [5.41, 5.74) is 1.60. The van der Waals surface area contributed by atoms with E-state index in [1.165, 1.54) is 0 Å². The summed E-state index contributed by atoms with van der Waals surface area (Å²) in [6.07, 6.45) is 1.60. The van der Waals surface area contributed by atoms with Crippen LogP contribution in [0.5, 0.6) is 17.2 Å². The number of nitriles is 1. The van der Waals surface area contributed by atoms with Gasteiger partial charge < -0.3 is 24.5 Å². The van der Waals surface area contributed by atoms with E-state index >= 15 is 0 Å². The first-order valence-electron chi connectivity index (χ1n) is 12.0. The second-order valence-corrected chi connectivity index (χ2v) is 8.03. The number of hydrogen-bond acceptors (Lipinski definition) is 7. The van der Waals surface area contributed by atoms with Crippen molar-refractivity contribution in [2.75, 3.05) is 25.1 Å². The van der Waals surface area contributed by atoms with Crippen LogP contribution in [0.3, 0.4) is 0 Å². The largest absolute Gasteiger partial charge is 0.494 e. The van der Waals surface area contributed by atoms with E-state index in [-0.39, 0.29) is 29.5 Å². The summed E-state index contributed by atoms with van der Waals surface area (Å²) in [5.74, 6) is 1.34. The molecule has 3 aromatic carbocycles. The molecule has 1 aromatic heterocycles. The molecule has 4 rings (SSSR count). The number of rotatable bonds is 10. The molecule has 0 aliphatic heterocycles. The Bertz CT molecular complexity index is 1570. The van der Waals surface area contributed by atoms with Crippen LogP contribution < -0.4 is 25.1 Å². The van der Waals surface area contributed by atoms with Crippen LogP contribution in [0.15, 0.2) is 71.5 Å². The number of ether oxygens (including phenoxy) is 3. The first-order chi connectivity index (χ1) is 18.5. The van der Waals surface area contributed by atoms with Crippen molar-refractivity contribution in [1.29, 1.82) is 5.26 Å². The number of allylic oxidation sites excluding steroid dienone is 1. The van der Waals surface area contributed by atoms with Crippen molar-refractivity contribution in [2.45, 2.75) is 13.8 Å². The molecule has 1 heterocycles. The number of anilines is 1. The monoisotopic (exact) mass is 510 g/mol. The van der Waals surface area contributed by atoms with Crippen molar-refractivity contribution in [3.05, 3.63) is 88.5 Å². The second-order valence-electron chi connectivity index (χ2n) is 8.03. The van der Waals surface area contributed by atoms with Gasteiger partial charge >= 0.3 is 0 Å². The molecule has 4 aromatic rings. The Morgan fingerprint density at radius 1 is 1.00 bits per heavy atom. The first kappa shape index (κ1) is 26.0. The van der Waals surface area contributed by atoms with Crippen LogP contribution in [0.4, 0.5) is 5.69 Å². The molecular formula is C29H26N4O5. The molecule has 2 N–H and O–H groups in total. The summed E-state index contributed by atoms with van der Waals surface area (Å²) in [6.45, 7) is 4.43. The molecule has 0 aliphatic carbocycles. The summed E-state index contributed by atoms with van der Waals surface area (Å²) >= 11 is 0. The standard InChI is InChI=1S/C29H26N4O5/c1-3-36-22-12-10-21(11-13-22)31-27(34)18-38-25-14-9-19(16-26(25)37-4-2)15-20(17-30)28-32-24-8-6-5-7-23(24)29(35)33-28/h5-16H,3-4,18H2,1-2H3,(H,31,34)(H,32,33,35)/b20-15+. The lowest BCUT2D eigenvalue weighted by Crippen LogP contribution is -2.20. The Morgan fingerprint density at radius 3 is 2.50 bits per heavy atom. The highest BCUT2D eigenvalue weighted by atomic mass is 16.5. The number of carbonyl (C=O) groups excluding carboxylic acids is 1. The van der Waals surface area contributed by atoms with Crippen LogP contribution in [-0.2, 0) is 4.79 Å². The van der Waals surface area contributed by atoms with Crippen molar-refractivity contribution >= 4 is 34.1 Å². The van der Waals surface area contributed by atoms with Crippen molar-refractivity contribution < 1.29 is 19.0 Å². The van der Waals surface area contributed by atoms with Crippen LogP contribution >= 0.6 is 0 Å². The lowest BCUT2D eigenvalue weighted by Gasteiger charge is -2.13. The Labute approximate surface area is 219 Å².